The first kappa shape index (κ1) is 16.7. The van der Waals surface area contributed by atoms with Crippen LogP contribution in [-0.2, 0) is 0 Å². The number of benzene rings is 2. The Kier molecular flexibility index (Phi) is 4.95. The number of rotatable bonds is 4. The first-order valence-electron chi connectivity index (χ1n) is 8.03. The lowest BCUT2D eigenvalue weighted by molar-refractivity contribution is 0.112. The molecule has 3 rings (SSSR count). The molecular weight excluding hydrogens is 326 g/mol. The van der Waals surface area contributed by atoms with Crippen molar-refractivity contribution >= 4 is 23.6 Å². The Morgan fingerprint density at radius 2 is 1.83 bits per heavy atom. The van der Waals surface area contributed by atoms with Crippen molar-refractivity contribution in [2.45, 2.75) is 25.9 Å². The average Bonchev–Trinajstić information content (AvgIpc) is 2.60. The van der Waals surface area contributed by atoms with Gasteiger partial charge in [-0.3, -0.25) is 4.79 Å². The zero-order valence-electron chi connectivity index (χ0n) is 13.5. The molecule has 4 nitrogen and oxygen atoms in total. The van der Waals surface area contributed by atoms with E-state index in [4.69, 9.17) is 16.3 Å². The zero-order chi connectivity index (χ0) is 17.1. The number of halogens is 1. The standard InChI is InChI=1S/C19H20ClNO3/c1-13-14(12-22)2-7-18(19(13)23)21-10-8-17(9-11-21)24-16-5-3-15(20)4-6-16/h2-7,12,17,23H,8-11H2,1H3. The number of ether oxygens (including phenoxy) is 1. The van der Waals surface area contributed by atoms with Crippen molar-refractivity contribution in [3.8, 4) is 11.5 Å². The molecule has 1 aliphatic rings. The van der Waals surface area contributed by atoms with Gasteiger partial charge in [-0.1, -0.05) is 11.6 Å². The van der Waals surface area contributed by atoms with Gasteiger partial charge in [0, 0.05) is 42.1 Å². The van der Waals surface area contributed by atoms with Crippen LogP contribution in [-0.4, -0.2) is 30.6 Å². The molecule has 1 heterocycles. The minimum absolute atomic E-state index is 0.153. The van der Waals surface area contributed by atoms with Gasteiger partial charge in [-0.2, -0.15) is 0 Å². The topological polar surface area (TPSA) is 49.8 Å². The van der Waals surface area contributed by atoms with Gasteiger partial charge in [0.1, 0.15) is 23.9 Å². The zero-order valence-corrected chi connectivity index (χ0v) is 14.3. The molecule has 0 spiro atoms. The van der Waals surface area contributed by atoms with Crippen LogP contribution in [0.4, 0.5) is 5.69 Å². The molecule has 0 unspecified atom stereocenters. The van der Waals surface area contributed by atoms with Crippen molar-refractivity contribution in [2.24, 2.45) is 0 Å². The molecule has 24 heavy (non-hydrogen) atoms. The summed E-state index contributed by atoms with van der Waals surface area (Å²) in [6.45, 7) is 3.36. The number of aldehydes is 1. The maximum absolute atomic E-state index is 11.0. The van der Waals surface area contributed by atoms with Gasteiger partial charge in [0.15, 0.2) is 0 Å². The lowest BCUT2D eigenvalue weighted by atomic mass is 10.0. The van der Waals surface area contributed by atoms with Crippen LogP contribution >= 0.6 is 11.6 Å². The van der Waals surface area contributed by atoms with E-state index < -0.39 is 0 Å². The number of hydrogen-bond donors (Lipinski definition) is 1. The third-order valence-electron chi connectivity index (χ3n) is 4.48. The van der Waals surface area contributed by atoms with Crippen LogP contribution in [0.15, 0.2) is 36.4 Å². The van der Waals surface area contributed by atoms with E-state index >= 15 is 0 Å². The quantitative estimate of drug-likeness (QED) is 0.843. The van der Waals surface area contributed by atoms with Crippen LogP contribution in [0.3, 0.4) is 0 Å². The SMILES string of the molecule is Cc1c(C=O)ccc(N2CCC(Oc3ccc(Cl)cc3)CC2)c1O. The molecule has 1 fully saturated rings. The third kappa shape index (κ3) is 3.49. The average molecular weight is 346 g/mol. The van der Waals surface area contributed by atoms with Gasteiger partial charge in [0.25, 0.3) is 0 Å². The second-order valence-electron chi connectivity index (χ2n) is 6.02. The first-order chi connectivity index (χ1) is 11.6. The molecule has 0 amide bonds. The Bertz CT molecular complexity index is 722. The van der Waals surface area contributed by atoms with E-state index in [0.29, 0.717) is 16.1 Å². The Morgan fingerprint density at radius 3 is 2.46 bits per heavy atom. The van der Waals surface area contributed by atoms with Crippen molar-refractivity contribution in [2.75, 3.05) is 18.0 Å². The highest BCUT2D eigenvalue weighted by Gasteiger charge is 2.23. The second kappa shape index (κ2) is 7.14. The summed E-state index contributed by atoms with van der Waals surface area (Å²) in [5.41, 5.74) is 1.93. The molecule has 126 valence electrons. The van der Waals surface area contributed by atoms with E-state index in [1.165, 1.54) is 0 Å². The highest BCUT2D eigenvalue weighted by Crippen LogP contribution is 2.34. The highest BCUT2D eigenvalue weighted by molar-refractivity contribution is 6.30. The molecule has 2 aromatic carbocycles. The molecular formula is C19H20ClNO3. The van der Waals surface area contributed by atoms with Gasteiger partial charge in [-0.15, -0.1) is 0 Å². The fraction of sp³-hybridized carbons (Fsp3) is 0.316. The molecule has 0 saturated carbocycles. The Morgan fingerprint density at radius 1 is 1.17 bits per heavy atom. The molecule has 1 N–H and O–H groups in total. The minimum Gasteiger partial charge on any atom is -0.505 e. The molecule has 0 aliphatic carbocycles. The maximum Gasteiger partial charge on any atom is 0.150 e. The molecule has 0 radical (unpaired) electrons. The third-order valence-corrected chi connectivity index (χ3v) is 4.73. The largest absolute Gasteiger partial charge is 0.505 e. The number of phenols is 1. The van der Waals surface area contributed by atoms with Crippen LogP contribution in [0.25, 0.3) is 0 Å². The minimum atomic E-state index is 0.153. The van der Waals surface area contributed by atoms with Gasteiger partial charge in [-0.25, -0.2) is 0 Å². The molecule has 0 atom stereocenters. The fourth-order valence-corrected chi connectivity index (χ4v) is 3.13. The summed E-state index contributed by atoms with van der Waals surface area (Å²) in [7, 11) is 0. The van der Waals surface area contributed by atoms with Crippen molar-refractivity contribution in [3.63, 3.8) is 0 Å². The summed E-state index contributed by atoms with van der Waals surface area (Å²) in [4.78, 5) is 13.1. The highest BCUT2D eigenvalue weighted by atomic mass is 35.5. The lowest BCUT2D eigenvalue weighted by Crippen LogP contribution is -2.38. The maximum atomic E-state index is 11.0. The molecule has 2 aromatic rings. The number of carbonyl (C=O) groups excluding carboxylic acids is 1. The number of anilines is 1. The van der Waals surface area contributed by atoms with E-state index in [2.05, 4.69) is 4.90 Å². The van der Waals surface area contributed by atoms with E-state index in [1.54, 1.807) is 13.0 Å². The molecule has 0 bridgehead atoms. The molecule has 0 aromatic heterocycles. The first-order valence-corrected chi connectivity index (χ1v) is 8.41. The Hall–Kier alpha value is -2.20. The second-order valence-corrected chi connectivity index (χ2v) is 6.46. The van der Waals surface area contributed by atoms with Crippen molar-refractivity contribution in [1.82, 2.24) is 0 Å². The molecule has 1 saturated heterocycles. The normalized spacial score (nSPS) is 15.3. The smallest absolute Gasteiger partial charge is 0.150 e. The lowest BCUT2D eigenvalue weighted by Gasteiger charge is -2.34. The number of aromatic hydroxyl groups is 1. The van der Waals surface area contributed by atoms with Crippen LogP contribution in [0.1, 0.15) is 28.8 Å². The van der Waals surface area contributed by atoms with Crippen LogP contribution in [0.5, 0.6) is 11.5 Å². The number of nitrogens with zero attached hydrogens (tertiary/aromatic N) is 1. The van der Waals surface area contributed by atoms with Crippen molar-refractivity contribution in [1.29, 1.82) is 0 Å². The van der Waals surface area contributed by atoms with Crippen molar-refractivity contribution in [3.05, 3.63) is 52.5 Å². The number of carbonyl (C=O) groups is 1. The number of piperidine rings is 1. The van der Waals surface area contributed by atoms with Gasteiger partial charge < -0.3 is 14.7 Å². The van der Waals surface area contributed by atoms with E-state index in [1.807, 2.05) is 30.3 Å². The predicted molar refractivity (Wildman–Crippen MR) is 95.5 cm³/mol. The van der Waals surface area contributed by atoms with Gasteiger partial charge >= 0.3 is 0 Å². The van der Waals surface area contributed by atoms with E-state index in [0.717, 1.165) is 43.7 Å². The molecule has 5 heteroatoms. The number of hydrogen-bond acceptors (Lipinski definition) is 4. The Labute approximate surface area is 146 Å². The predicted octanol–water partition coefficient (Wildman–Crippen LogP) is 4.21. The summed E-state index contributed by atoms with van der Waals surface area (Å²) < 4.78 is 5.99. The van der Waals surface area contributed by atoms with Gasteiger partial charge in [0.2, 0.25) is 0 Å². The Balaban J connectivity index is 1.64. The monoisotopic (exact) mass is 345 g/mol. The van der Waals surface area contributed by atoms with E-state index in [-0.39, 0.29) is 11.9 Å². The van der Waals surface area contributed by atoms with Crippen LogP contribution in [0, 0.1) is 6.92 Å². The van der Waals surface area contributed by atoms with Crippen LogP contribution in [0.2, 0.25) is 5.02 Å². The summed E-state index contributed by atoms with van der Waals surface area (Å²) in [6.07, 6.45) is 2.66. The van der Waals surface area contributed by atoms with E-state index in [9.17, 15) is 9.90 Å². The number of phenolic OH excluding ortho intramolecular Hbond substituents is 1. The summed E-state index contributed by atoms with van der Waals surface area (Å²) in [5, 5.41) is 11.0. The molecule has 1 aliphatic heterocycles. The van der Waals surface area contributed by atoms with Gasteiger partial charge in [-0.05, 0) is 43.3 Å². The summed E-state index contributed by atoms with van der Waals surface area (Å²) >= 11 is 5.88. The van der Waals surface area contributed by atoms with Crippen LogP contribution < -0.4 is 9.64 Å². The summed E-state index contributed by atoms with van der Waals surface area (Å²) in [6, 6.07) is 11.0. The van der Waals surface area contributed by atoms with Gasteiger partial charge in [0.05, 0.1) is 5.69 Å². The fourth-order valence-electron chi connectivity index (χ4n) is 3.00. The summed E-state index contributed by atoms with van der Waals surface area (Å²) in [5.74, 6) is 1.02. The van der Waals surface area contributed by atoms with Crippen molar-refractivity contribution < 1.29 is 14.6 Å².